The molecule has 1 N–H and O–H groups in total. The molecule has 0 spiro atoms. The fourth-order valence-electron chi connectivity index (χ4n) is 1.77. The molecule has 0 amide bonds. The molecule has 1 rings (SSSR count). The number of hydrogen-bond acceptors (Lipinski definition) is 2. The van der Waals surface area contributed by atoms with Gasteiger partial charge < -0.3 is 10.0 Å². The fourth-order valence-corrected chi connectivity index (χ4v) is 1.77. The van der Waals surface area contributed by atoms with Crippen LogP contribution in [0.1, 0.15) is 33.1 Å². The number of rotatable bonds is 3. The minimum Gasteiger partial charge on any atom is -0.396 e. The van der Waals surface area contributed by atoms with Gasteiger partial charge in [-0.2, -0.15) is 0 Å². The largest absolute Gasteiger partial charge is 0.396 e. The zero-order chi connectivity index (χ0) is 9.03. The van der Waals surface area contributed by atoms with Crippen LogP contribution in [0.15, 0.2) is 0 Å². The van der Waals surface area contributed by atoms with Crippen LogP contribution in [0.5, 0.6) is 0 Å². The Balaban J connectivity index is 0.00000144. The maximum Gasteiger partial charge on any atom is 0.0494 e. The van der Waals surface area contributed by atoms with Crippen molar-refractivity contribution in [2.45, 2.75) is 33.1 Å². The number of hydrogen-bond donors (Lipinski definition) is 1. The molecule has 1 aliphatic rings. The Morgan fingerprint density at radius 3 is 2.15 bits per heavy atom. The van der Waals surface area contributed by atoms with Gasteiger partial charge >= 0.3 is 0 Å². The monoisotopic (exact) mass is 207 g/mol. The van der Waals surface area contributed by atoms with Crippen molar-refractivity contribution in [1.82, 2.24) is 4.90 Å². The lowest BCUT2D eigenvalue weighted by Crippen LogP contribution is -2.39. The van der Waals surface area contributed by atoms with Crippen LogP contribution >= 0.6 is 12.4 Å². The van der Waals surface area contributed by atoms with Gasteiger partial charge in [0.1, 0.15) is 0 Å². The van der Waals surface area contributed by atoms with Gasteiger partial charge in [0.15, 0.2) is 0 Å². The van der Waals surface area contributed by atoms with Crippen molar-refractivity contribution >= 4 is 12.4 Å². The predicted molar refractivity (Wildman–Crippen MR) is 58.4 cm³/mol. The quantitative estimate of drug-likeness (QED) is 0.765. The van der Waals surface area contributed by atoms with Crippen molar-refractivity contribution < 1.29 is 5.11 Å². The Bertz CT molecular complexity index is 133. The summed E-state index contributed by atoms with van der Waals surface area (Å²) >= 11 is 0. The van der Waals surface area contributed by atoms with E-state index in [1.165, 1.54) is 32.4 Å². The van der Waals surface area contributed by atoms with Gasteiger partial charge in [0.05, 0.1) is 0 Å². The molecule has 80 valence electrons. The number of piperidine rings is 1. The van der Waals surface area contributed by atoms with Crippen LogP contribution < -0.4 is 0 Å². The topological polar surface area (TPSA) is 23.5 Å². The minimum atomic E-state index is 0. The van der Waals surface area contributed by atoms with E-state index in [4.69, 9.17) is 5.11 Å². The lowest BCUT2D eigenvalue weighted by atomic mass is 9.93. The Kier molecular flexibility index (Phi) is 5.93. The van der Waals surface area contributed by atoms with E-state index >= 15 is 0 Å². The van der Waals surface area contributed by atoms with E-state index in [1.54, 1.807) is 0 Å². The van der Waals surface area contributed by atoms with Crippen LogP contribution in [0.4, 0.5) is 0 Å². The average molecular weight is 208 g/mol. The first-order valence-corrected chi connectivity index (χ1v) is 4.97. The van der Waals surface area contributed by atoms with Crippen molar-refractivity contribution in [3.8, 4) is 0 Å². The van der Waals surface area contributed by atoms with Crippen molar-refractivity contribution in [2.24, 2.45) is 5.41 Å². The van der Waals surface area contributed by atoms with Gasteiger partial charge in [-0.05, 0) is 25.9 Å². The van der Waals surface area contributed by atoms with Gasteiger partial charge in [-0.15, -0.1) is 12.4 Å². The summed E-state index contributed by atoms with van der Waals surface area (Å²) in [6, 6.07) is 0. The molecule has 0 bridgehead atoms. The molecule has 0 radical (unpaired) electrons. The Labute approximate surface area is 87.7 Å². The highest BCUT2D eigenvalue weighted by Crippen LogP contribution is 2.18. The second-order valence-electron chi connectivity index (χ2n) is 4.66. The Morgan fingerprint density at radius 2 is 1.69 bits per heavy atom. The molecular weight excluding hydrogens is 186 g/mol. The smallest absolute Gasteiger partial charge is 0.0494 e. The average Bonchev–Trinajstić information content (AvgIpc) is 2.06. The van der Waals surface area contributed by atoms with Crippen molar-refractivity contribution in [3.05, 3.63) is 0 Å². The normalized spacial score (nSPS) is 19.6. The lowest BCUT2D eigenvalue weighted by molar-refractivity contribution is 0.0924. The summed E-state index contributed by atoms with van der Waals surface area (Å²) in [5, 5.41) is 9.10. The van der Waals surface area contributed by atoms with Crippen molar-refractivity contribution in [2.75, 3.05) is 26.2 Å². The molecular formula is C10H22ClNO. The van der Waals surface area contributed by atoms with Gasteiger partial charge in [0.2, 0.25) is 0 Å². The summed E-state index contributed by atoms with van der Waals surface area (Å²) in [4.78, 5) is 2.47. The summed E-state index contributed by atoms with van der Waals surface area (Å²) in [5.74, 6) is 0. The van der Waals surface area contributed by atoms with Crippen LogP contribution in [0, 0.1) is 5.41 Å². The van der Waals surface area contributed by atoms with E-state index in [0.29, 0.717) is 6.61 Å². The molecule has 0 unspecified atom stereocenters. The second kappa shape index (κ2) is 5.84. The predicted octanol–water partition coefficient (Wildman–Crippen LogP) is 1.91. The maximum absolute atomic E-state index is 9.10. The zero-order valence-electron chi connectivity index (χ0n) is 8.75. The van der Waals surface area contributed by atoms with Crippen LogP contribution in [0.25, 0.3) is 0 Å². The fraction of sp³-hybridized carbons (Fsp3) is 1.00. The Morgan fingerprint density at radius 1 is 1.15 bits per heavy atom. The minimum absolute atomic E-state index is 0. The molecule has 0 aromatic heterocycles. The molecule has 1 heterocycles. The van der Waals surface area contributed by atoms with Crippen molar-refractivity contribution in [3.63, 3.8) is 0 Å². The van der Waals surface area contributed by atoms with Crippen LogP contribution in [-0.2, 0) is 0 Å². The van der Waals surface area contributed by atoms with Gasteiger partial charge in [0.25, 0.3) is 0 Å². The summed E-state index contributed by atoms with van der Waals surface area (Å²) in [6.45, 7) is 8.04. The first-order chi connectivity index (χ1) is 5.64. The number of nitrogens with zero attached hydrogens (tertiary/aromatic N) is 1. The van der Waals surface area contributed by atoms with Gasteiger partial charge in [0, 0.05) is 18.6 Å². The van der Waals surface area contributed by atoms with Gasteiger partial charge in [-0.3, -0.25) is 0 Å². The highest BCUT2D eigenvalue weighted by Gasteiger charge is 2.21. The number of halogens is 1. The highest BCUT2D eigenvalue weighted by molar-refractivity contribution is 5.85. The van der Waals surface area contributed by atoms with Crippen LogP contribution in [-0.4, -0.2) is 36.2 Å². The first kappa shape index (κ1) is 13.2. The van der Waals surface area contributed by atoms with E-state index in [2.05, 4.69) is 18.7 Å². The lowest BCUT2D eigenvalue weighted by Gasteiger charge is -2.33. The van der Waals surface area contributed by atoms with Gasteiger partial charge in [-0.25, -0.2) is 0 Å². The summed E-state index contributed by atoms with van der Waals surface area (Å²) in [5.41, 5.74) is 0.0807. The third-order valence-corrected chi connectivity index (χ3v) is 2.53. The van der Waals surface area contributed by atoms with Crippen molar-refractivity contribution in [1.29, 1.82) is 0 Å². The van der Waals surface area contributed by atoms with Crippen LogP contribution in [0.2, 0.25) is 0 Å². The summed E-state index contributed by atoms with van der Waals surface area (Å²) in [7, 11) is 0. The highest BCUT2D eigenvalue weighted by atomic mass is 35.5. The molecule has 0 aromatic carbocycles. The van der Waals surface area contributed by atoms with E-state index in [-0.39, 0.29) is 17.8 Å². The molecule has 3 heteroatoms. The van der Waals surface area contributed by atoms with E-state index in [1.807, 2.05) is 0 Å². The number of aliphatic hydroxyl groups is 1. The molecule has 1 aliphatic heterocycles. The van der Waals surface area contributed by atoms with Gasteiger partial charge in [-0.1, -0.05) is 20.3 Å². The SMILES string of the molecule is CC(C)(CO)CN1CCCCC1.Cl. The molecule has 0 aliphatic carbocycles. The standard InChI is InChI=1S/C10H21NO.ClH/c1-10(2,9-12)8-11-6-4-3-5-7-11;/h12H,3-9H2,1-2H3;1H. The first-order valence-electron chi connectivity index (χ1n) is 4.97. The third-order valence-electron chi connectivity index (χ3n) is 2.53. The van der Waals surface area contributed by atoms with Crippen LogP contribution in [0.3, 0.4) is 0 Å². The molecule has 0 saturated carbocycles. The van der Waals surface area contributed by atoms with E-state index in [9.17, 15) is 0 Å². The number of aliphatic hydroxyl groups excluding tert-OH is 1. The van der Waals surface area contributed by atoms with E-state index in [0.717, 1.165) is 6.54 Å². The third kappa shape index (κ3) is 4.84. The second-order valence-corrected chi connectivity index (χ2v) is 4.66. The molecule has 0 atom stereocenters. The summed E-state index contributed by atoms with van der Waals surface area (Å²) < 4.78 is 0. The number of likely N-dealkylation sites (tertiary alicyclic amines) is 1. The summed E-state index contributed by atoms with van der Waals surface area (Å²) in [6.07, 6.45) is 4.05. The molecule has 2 nitrogen and oxygen atoms in total. The Hall–Kier alpha value is 0.210. The molecule has 1 saturated heterocycles. The molecule has 1 fully saturated rings. The van der Waals surface area contributed by atoms with E-state index < -0.39 is 0 Å². The molecule has 13 heavy (non-hydrogen) atoms. The maximum atomic E-state index is 9.10. The zero-order valence-corrected chi connectivity index (χ0v) is 9.57. The molecule has 0 aromatic rings.